The molecule has 3 saturated heterocycles. The van der Waals surface area contributed by atoms with Crippen molar-refractivity contribution in [2.45, 2.75) is 118 Å². The van der Waals surface area contributed by atoms with Gasteiger partial charge in [-0.25, -0.2) is 0 Å². The molecule has 0 spiro atoms. The molecule has 0 aromatic carbocycles. The molecule has 17 heteroatoms. The topological polar surface area (TPSA) is 275 Å². The molecule has 17 nitrogen and oxygen atoms in total. The quantitative estimate of drug-likeness (QED) is 0.0650. The average Bonchev–Trinajstić information content (AvgIpc) is 2.96. The summed E-state index contributed by atoms with van der Waals surface area (Å²) in [6.07, 6.45) is -20.7. The maximum Gasteiger partial charge on any atom is 0.303 e. The lowest BCUT2D eigenvalue weighted by molar-refractivity contribution is -0.373. The van der Waals surface area contributed by atoms with Gasteiger partial charge in [-0.3, -0.25) is 4.79 Å². The molecule has 15 atom stereocenters. The van der Waals surface area contributed by atoms with E-state index in [2.05, 4.69) is 6.58 Å². The second-order valence-electron chi connectivity index (χ2n) is 10.5. The molecule has 0 saturated carbocycles. The summed E-state index contributed by atoms with van der Waals surface area (Å²) in [4.78, 5) is 10.8. The number of unbranched alkanes of at least 4 members (excludes halogenated alkanes) is 1. The molecule has 0 aliphatic carbocycles. The molecule has 0 radical (unpaired) electrons. The largest absolute Gasteiger partial charge is 0.481 e. The van der Waals surface area contributed by atoms with Crippen LogP contribution in [0.1, 0.15) is 25.7 Å². The van der Waals surface area contributed by atoms with Gasteiger partial charge in [0.25, 0.3) is 0 Å². The third-order valence-corrected chi connectivity index (χ3v) is 7.36. The highest BCUT2D eigenvalue weighted by Crippen LogP contribution is 2.31. The zero-order valence-corrected chi connectivity index (χ0v) is 22.7. The summed E-state index contributed by atoms with van der Waals surface area (Å²) in [7, 11) is 0. The monoisotopic (exact) mass is 614 g/mol. The number of carbonyl (C=O) groups is 1. The van der Waals surface area contributed by atoms with Crippen LogP contribution < -0.4 is 0 Å². The van der Waals surface area contributed by atoms with Gasteiger partial charge in [0.15, 0.2) is 18.9 Å². The second-order valence-corrected chi connectivity index (χ2v) is 10.5. The molecule has 0 bridgehead atoms. The first-order valence-corrected chi connectivity index (χ1v) is 13.6. The van der Waals surface area contributed by atoms with Gasteiger partial charge in [0.05, 0.1) is 25.9 Å². The van der Waals surface area contributed by atoms with E-state index >= 15 is 0 Å². The number of aliphatic carboxylic acids is 1. The lowest BCUT2D eigenvalue weighted by Gasteiger charge is -2.46. The van der Waals surface area contributed by atoms with E-state index < -0.39 is 111 Å². The van der Waals surface area contributed by atoms with Gasteiger partial charge < -0.3 is 79.5 Å². The van der Waals surface area contributed by atoms with E-state index in [4.69, 9.17) is 33.5 Å². The van der Waals surface area contributed by atoms with Crippen molar-refractivity contribution in [3.8, 4) is 0 Å². The van der Waals surface area contributed by atoms with Gasteiger partial charge in [-0.2, -0.15) is 0 Å². The SMILES string of the molecule is C=C[C@H](CCCCC(=O)O)O[C@@H]1O[C@H](CO)[C@@H](O)[C@H](O)[C@H]1O[C@@H]1O[C@H](CO[C@@H]2OC[C@@H](O)[C@H](O)[C@H]2O)[C@@H](O)[C@H](O)[C@H]1O. The number of carboxylic acid groups (broad SMARTS) is 1. The lowest BCUT2D eigenvalue weighted by Crippen LogP contribution is -2.65. The van der Waals surface area contributed by atoms with Crippen molar-refractivity contribution in [3.63, 3.8) is 0 Å². The van der Waals surface area contributed by atoms with Gasteiger partial charge in [0, 0.05) is 6.42 Å². The van der Waals surface area contributed by atoms with Gasteiger partial charge in [-0.15, -0.1) is 6.58 Å². The predicted octanol–water partition coefficient (Wildman–Crippen LogP) is -4.71. The summed E-state index contributed by atoms with van der Waals surface area (Å²) in [5.41, 5.74) is 0. The van der Waals surface area contributed by atoms with Crippen LogP contribution in [-0.2, 0) is 33.2 Å². The Kier molecular flexibility index (Phi) is 13.4. The van der Waals surface area contributed by atoms with Crippen molar-refractivity contribution in [3.05, 3.63) is 12.7 Å². The number of rotatable bonds is 14. The molecule has 244 valence electrons. The van der Waals surface area contributed by atoms with E-state index in [1.807, 2.05) is 0 Å². The van der Waals surface area contributed by atoms with Crippen molar-refractivity contribution < 1.29 is 84.3 Å². The van der Waals surface area contributed by atoms with E-state index in [1.165, 1.54) is 6.08 Å². The summed E-state index contributed by atoms with van der Waals surface area (Å²) in [6, 6.07) is 0. The van der Waals surface area contributed by atoms with Crippen molar-refractivity contribution in [1.82, 2.24) is 0 Å². The van der Waals surface area contributed by atoms with Crippen LogP contribution in [0.25, 0.3) is 0 Å². The van der Waals surface area contributed by atoms with Crippen molar-refractivity contribution >= 4 is 5.97 Å². The fraction of sp³-hybridized carbons (Fsp3) is 0.880. The normalized spacial score (nSPS) is 43.5. The van der Waals surface area contributed by atoms with E-state index in [-0.39, 0.29) is 13.0 Å². The Morgan fingerprint density at radius 2 is 1.48 bits per heavy atom. The summed E-state index contributed by atoms with van der Waals surface area (Å²) >= 11 is 0. The summed E-state index contributed by atoms with van der Waals surface area (Å²) in [6.45, 7) is 2.07. The summed E-state index contributed by atoms with van der Waals surface area (Å²) in [5.74, 6) is -0.959. The predicted molar refractivity (Wildman–Crippen MR) is 134 cm³/mol. The maximum atomic E-state index is 10.8. The van der Waals surface area contributed by atoms with Crippen molar-refractivity contribution in [2.24, 2.45) is 0 Å². The number of hydrogen-bond donors (Lipinski definition) is 10. The Morgan fingerprint density at radius 1 is 0.833 bits per heavy atom. The van der Waals surface area contributed by atoms with Gasteiger partial charge >= 0.3 is 5.97 Å². The number of carboxylic acids is 1. The Morgan fingerprint density at radius 3 is 2.12 bits per heavy atom. The van der Waals surface area contributed by atoms with Crippen LogP contribution in [0.3, 0.4) is 0 Å². The molecule has 3 aliphatic rings. The van der Waals surface area contributed by atoms with Gasteiger partial charge in [0.2, 0.25) is 0 Å². The number of hydrogen-bond acceptors (Lipinski definition) is 16. The number of aliphatic hydroxyl groups is 9. The molecule has 0 aromatic heterocycles. The third kappa shape index (κ3) is 8.62. The van der Waals surface area contributed by atoms with E-state index in [9.17, 15) is 50.8 Å². The van der Waals surface area contributed by atoms with Gasteiger partial charge in [-0.1, -0.05) is 6.08 Å². The summed E-state index contributed by atoms with van der Waals surface area (Å²) in [5, 5.41) is 101. The molecule has 3 aliphatic heterocycles. The summed E-state index contributed by atoms with van der Waals surface area (Å²) < 4.78 is 33.3. The smallest absolute Gasteiger partial charge is 0.303 e. The minimum absolute atomic E-state index is 0.0582. The second kappa shape index (κ2) is 16.1. The molecule has 10 N–H and O–H groups in total. The Labute approximate surface area is 241 Å². The van der Waals surface area contributed by atoms with E-state index in [0.29, 0.717) is 19.3 Å². The lowest BCUT2D eigenvalue weighted by atomic mass is 9.97. The number of ether oxygens (including phenoxy) is 6. The molecular formula is C25H42O17. The van der Waals surface area contributed by atoms with Crippen molar-refractivity contribution in [2.75, 3.05) is 19.8 Å². The first-order chi connectivity index (χ1) is 19.9. The zero-order chi connectivity index (χ0) is 31.1. The highest BCUT2D eigenvalue weighted by Gasteiger charge is 2.51. The van der Waals surface area contributed by atoms with E-state index in [0.717, 1.165) is 0 Å². The van der Waals surface area contributed by atoms with Gasteiger partial charge in [-0.05, 0) is 19.3 Å². The van der Waals surface area contributed by atoms with Crippen LogP contribution >= 0.6 is 0 Å². The average molecular weight is 615 g/mol. The minimum atomic E-state index is -1.88. The fourth-order valence-electron chi connectivity index (χ4n) is 4.78. The van der Waals surface area contributed by atoms with Crippen LogP contribution in [-0.4, -0.2) is 169 Å². The first-order valence-electron chi connectivity index (χ1n) is 13.6. The standard InChI is InChI=1S/C25H42O17/c1-2-10(5-3-4-6-14(28)29)39-25-22(19(34)16(31)12(7-26)40-25)42-24-21(36)18(33)17(32)13(41-24)9-38-23-20(35)15(30)11(27)8-37-23/h2,10-13,15-27,30-36H,1,3-9H2,(H,28,29)/t10-,11-,12-,13-,15+,16-,17-,18+,19+,20-,21-,22-,23+,24+,25-/m1/s1. The highest BCUT2D eigenvalue weighted by atomic mass is 16.8. The molecule has 0 amide bonds. The molecule has 0 aromatic rings. The molecule has 3 heterocycles. The molecule has 42 heavy (non-hydrogen) atoms. The molecule has 3 rings (SSSR count). The number of aliphatic hydroxyl groups excluding tert-OH is 9. The van der Waals surface area contributed by atoms with E-state index in [1.54, 1.807) is 0 Å². The first kappa shape index (κ1) is 35.1. The van der Waals surface area contributed by atoms with Crippen LogP contribution in [0.2, 0.25) is 0 Å². The third-order valence-electron chi connectivity index (χ3n) is 7.36. The van der Waals surface area contributed by atoms with Crippen LogP contribution in [0.15, 0.2) is 12.7 Å². The molecular weight excluding hydrogens is 572 g/mol. The molecule has 3 fully saturated rings. The van der Waals surface area contributed by atoms with Gasteiger partial charge in [0.1, 0.15) is 67.1 Å². The van der Waals surface area contributed by atoms with Crippen LogP contribution in [0, 0.1) is 0 Å². The van der Waals surface area contributed by atoms with Crippen LogP contribution in [0.4, 0.5) is 0 Å². The fourth-order valence-corrected chi connectivity index (χ4v) is 4.78. The molecule has 0 unspecified atom stereocenters. The minimum Gasteiger partial charge on any atom is -0.481 e. The Hall–Kier alpha value is -1.39. The maximum absolute atomic E-state index is 10.8. The highest BCUT2D eigenvalue weighted by molar-refractivity contribution is 5.66. The Bertz CT molecular complexity index is 848. The Balaban J connectivity index is 1.70. The van der Waals surface area contributed by atoms with Crippen LogP contribution in [0.5, 0.6) is 0 Å². The van der Waals surface area contributed by atoms with Crippen molar-refractivity contribution in [1.29, 1.82) is 0 Å². The zero-order valence-electron chi connectivity index (χ0n) is 22.7.